The second-order valence-electron chi connectivity index (χ2n) is 8.47. The molecule has 27 heavy (non-hydrogen) atoms. The first-order valence-electron chi connectivity index (χ1n) is 10.6. The lowest BCUT2D eigenvalue weighted by Gasteiger charge is -2.43. The number of benzene rings is 1. The normalized spacial score (nSPS) is 22.4. The first-order chi connectivity index (χ1) is 13.2. The predicted molar refractivity (Wildman–Crippen MR) is 107 cm³/mol. The van der Waals surface area contributed by atoms with Gasteiger partial charge in [-0.05, 0) is 37.8 Å². The molecule has 0 spiro atoms. The van der Waals surface area contributed by atoms with Crippen LogP contribution in [0.2, 0.25) is 0 Å². The van der Waals surface area contributed by atoms with Gasteiger partial charge in [-0.15, -0.1) is 0 Å². The molecule has 1 aromatic rings. The average molecular weight is 370 g/mol. The number of rotatable bonds is 5. The van der Waals surface area contributed by atoms with Gasteiger partial charge in [0.1, 0.15) is 0 Å². The second kappa shape index (κ2) is 7.91. The highest BCUT2D eigenvalue weighted by Gasteiger charge is 2.44. The zero-order valence-corrected chi connectivity index (χ0v) is 16.2. The molecule has 5 heteroatoms. The number of amides is 2. The van der Waals surface area contributed by atoms with Crippen molar-refractivity contribution < 1.29 is 9.59 Å². The first kappa shape index (κ1) is 18.3. The summed E-state index contributed by atoms with van der Waals surface area (Å²) in [5.74, 6) is 0.302. The smallest absolute Gasteiger partial charge is 0.229 e. The summed E-state index contributed by atoms with van der Waals surface area (Å²) >= 11 is 0. The maximum Gasteiger partial charge on any atom is 0.229 e. The standard InChI is InChI=1S/C22H31N3O2/c26-20(23-18-9-10-18)17-22(11-5-2-6-12-22)21(27)25-15-13-24(14-16-25)19-7-3-1-4-8-19/h1,3-4,7-8,18H,2,5-6,9-17H2,(H,23,26). The molecule has 3 aliphatic rings. The van der Waals surface area contributed by atoms with Crippen molar-refractivity contribution in [2.75, 3.05) is 31.1 Å². The van der Waals surface area contributed by atoms with Crippen molar-refractivity contribution in [3.8, 4) is 0 Å². The van der Waals surface area contributed by atoms with Crippen LogP contribution in [0.4, 0.5) is 5.69 Å². The van der Waals surface area contributed by atoms with Gasteiger partial charge in [0.05, 0.1) is 5.41 Å². The third-order valence-corrected chi connectivity index (χ3v) is 6.39. The van der Waals surface area contributed by atoms with E-state index >= 15 is 0 Å². The largest absolute Gasteiger partial charge is 0.368 e. The summed E-state index contributed by atoms with van der Waals surface area (Å²) in [4.78, 5) is 30.4. The molecular weight excluding hydrogens is 338 g/mol. The molecule has 1 heterocycles. The fourth-order valence-electron chi connectivity index (χ4n) is 4.65. The Bertz CT molecular complexity index is 657. The molecule has 3 fully saturated rings. The molecule has 1 aliphatic heterocycles. The van der Waals surface area contributed by atoms with Crippen molar-refractivity contribution in [1.82, 2.24) is 10.2 Å². The van der Waals surface area contributed by atoms with Gasteiger partial charge in [0.2, 0.25) is 11.8 Å². The summed E-state index contributed by atoms with van der Waals surface area (Å²) in [5, 5.41) is 3.09. The van der Waals surface area contributed by atoms with Crippen molar-refractivity contribution in [2.24, 2.45) is 5.41 Å². The molecule has 1 saturated heterocycles. The highest BCUT2D eigenvalue weighted by atomic mass is 16.2. The molecule has 1 aromatic carbocycles. The number of carbonyl (C=O) groups is 2. The minimum atomic E-state index is -0.466. The zero-order valence-electron chi connectivity index (χ0n) is 16.2. The zero-order chi connectivity index (χ0) is 18.7. The van der Waals surface area contributed by atoms with E-state index in [0.717, 1.165) is 64.7 Å². The lowest BCUT2D eigenvalue weighted by atomic mass is 9.70. The second-order valence-corrected chi connectivity index (χ2v) is 8.47. The summed E-state index contributed by atoms with van der Waals surface area (Å²) < 4.78 is 0. The molecule has 146 valence electrons. The minimum absolute atomic E-state index is 0.0793. The summed E-state index contributed by atoms with van der Waals surface area (Å²) in [6.07, 6.45) is 7.59. The van der Waals surface area contributed by atoms with Crippen LogP contribution in [-0.4, -0.2) is 48.9 Å². The fourth-order valence-corrected chi connectivity index (χ4v) is 4.65. The summed E-state index contributed by atoms with van der Waals surface area (Å²) in [6, 6.07) is 10.8. The van der Waals surface area contributed by atoms with E-state index in [1.807, 2.05) is 11.0 Å². The van der Waals surface area contributed by atoms with Crippen molar-refractivity contribution in [3.63, 3.8) is 0 Å². The summed E-state index contributed by atoms with van der Waals surface area (Å²) in [7, 11) is 0. The maximum absolute atomic E-state index is 13.5. The van der Waals surface area contributed by atoms with Crippen LogP contribution >= 0.6 is 0 Å². The van der Waals surface area contributed by atoms with E-state index in [9.17, 15) is 9.59 Å². The summed E-state index contributed by atoms with van der Waals surface area (Å²) in [6.45, 7) is 3.22. The molecule has 2 aliphatic carbocycles. The molecule has 0 unspecified atom stereocenters. The van der Waals surface area contributed by atoms with E-state index in [1.54, 1.807) is 0 Å². The van der Waals surface area contributed by atoms with Gasteiger partial charge < -0.3 is 15.1 Å². The van der Waals surface area contributed by atoms with Crippen molar-refractivity contribution >= 4 is 17.5 Å². The number of anilines is 1. The van der Waals surface area contributed by atoms with Gasteiger partial charge in [-0.25, -0.2) is 0 Å². The predicted octanol–water partition coefficient (Wildman–Crippen LogP) is 2.95. The Balaban J connectivity index is 1.40. The Labute approximate surface area is 162 Å². The number of hydrogen-bond donors (Lipinski definition) is 1. The SMILES string of the molecule is O=C(CC1(C(=O)N2CCN(c3ccccc3)CC2)CCCCC1)NC1CC1. The van der Waals surface area contributed by atoms with Gasteiger partial charge in [-0.3, -0.25) is 9.59 Å². The molecule has 0 atom stereocenters. The molecule has 2 saturated carbocycles. The average Bonchev–Trinajstić information content (AvgIpc) is 3.53. The molecule has 0 aromatic heterocycles. The van der Waals surface area contributed by atoms with Crippen LogP contribution in [0.25, 0.3) is 0 Å². The van der Waals surface area contributed by atoms with Gasteiger partial charge in [0.15, 0.2) is 0 Å². The third kappa shape index (κ3) is 4.28. The van der Waals surface area contributed by atoms with Crippen LogP contribution in [0.15, 0.2) is 30.3 Å². The third-order valence-electron chi connectivity index (χ3n) is 6.39. The minimum Gasteiger partial charge on any atom is -0.368 e. The molecule has 0 bridgehead atoms. The Morgan fingerprint density at radius 1 is 0.963 bits per heavy atom. The van der Waals surface area contributed by atoms with E-state index in [1.165, 1.54) is 12.1 Å². The maximum atomic E-state index is 13.5. The van der Waals surface area contributed by atoms with Gasteiger partial charge >= 0.3 is 0 Å². The van der Waals surface area contributed by atoms with Gasteiger partial charge in [-0.2, -0.15) is 0 Å². The van der Waals surface area contributed by atoms with Crippen LogP contribution in [0.3, 0.4) is 0 Å². The Kier molecular flexibility index (Phi) is 5.37. The number of carbonyl (C=O) groups excluding carboxylic acids is 2. The van der Waals surface area contributed by atoms with Crippen LogP contribution in [0, 0.1) is 5.41 Å². The molecule has 4 rings (SSSR count). The first-order valence-corrected chi connectivity index (χ1v) is 10.6. The van der Waals surface area contributed by atoms with Crippen LogP contribution < -0.4 is 10.2 Å². The quantitative estimate of drug-likeness (QED) is 0.868. The van der Waals surface area contributed by atoms with Crippen LogP contribution in [-0.2, 0) is 9.59 Å². The molecular formula is C22H31N3O2. The van der Waals surface area contributed by atoms with Gasteiger partial charge in [0, 0.05) is 44.3 Å². The Morgan fingerprint density at radius 2 is 1.63 bits per heavy atom. The van der Waals surface area contributed by atoms with Crippen LogP contribution in [0.1, 0.15) is 51.4 Å². The fraction of sp³-hybridized carbons (Fsp3) is 0.636. The molecule has 2 amide bonds. The lowest BCUT2D eigenvalue weighted by molar-refractivity contribution is -0.148. The number of para-hydroxylation sites is 1. The monoisotopic (exact) mass is 369 g/mol. The molecule has 0 radical (unpaired) electrons. The lowest BCUT2D eigenvalue weighted by Crippen LogP contribution is -2.54. The summed E-state index contributed by atoms with van der Waals surface area (Å²) in [5.41, 5.74) is 0.757. The Hall–Kier alpha value is -2.04. The van der Waals surface area contributed by atoms with Crippen molar-refractivity contribution in [3.05, 3.63) is 30.3 Å². The van der Waals surface area contributed by atoms with Gasteiger partial charge in [-0.1, -0.05) is 37.5 Å². The van der Waals surface area contributed by atoms with E-state index in [0.29, 0.717) is 12.5 Å². The molecule has 1 N–H and O–H groups in total. The number of piperazine rings is 1. The Morgan fingerprint density at radius 3 is 2.26 bits per heavy atom. The highest BCUT2D eigenvalue weighted by molar-refractivity contribution is 5.89. The van der Waals surface area contributed by atoms with E-state index in [2.05, 4.69) is 34.5 Å². The number of nitrogens with one attached hydrogen (secondary N) is 1. The van der Waals surface area contributed by atoms with Crippen molar-refractivity contribution in [2.45, 2.75) is 57.4 Å². The topological polar surface area (TPSA) is 52.7 Å². The number of hydrogen-bond acceptors (Lipinski definition) is 3. The molecule has 5 nitrogen and oxygen atoms in total. The van der Waals surface area contributed by atoms with Crippen LogP contribution in [0.5, 0.6) is 0 Å². The van der Waals surface area contributed by atoms with Crippen molar-refractivity contribution in [1.29, 1.82) is 0 Å². The highest BCUT2D eigenvalue weighted by Crippen LogP contribution is 2.41. The number of nitrogens with zero attached hydrogens (tertiary/aromatic N) is 2. The van der Waals surface area contributed by atoms with E-state index in [-0.39, 0.29) is 11.8 Å². The van der Waals surface area contributed by atoms with E-state index in [4.69, 9.17) is 0 Å². The van der Waals surface area contributed by atoms with E-state index < -0.39 is 5.41 Å². The van der Waals surface area contributed by atoms with Gasteiger partial charge in [0.25, 0.3) is 0 Å².